The Labute approximate surface area is 64.2 Å². The summed E-state index contributed by atoms with van der Waals surface area (Å²) in [5, 5.41) is 8.72. The molecular formula is C7H12F2O2. The molecule has 0 aromatic carbocycles. The first kappa shape index (κ1) is 8.87. The zero-order valence-corrected chi connectivity index (χ0v) is 6.44. The van der Waals surface area contributed by atoms with Crippen LogP contribution in [0.2, 0.25) is 0 Å². The topological polar surface area (TPSA) is 29.5 Å². The highest BCUT2D eigenvalue weighted by molar-refractivity contribution is 4.86. The summed E-state index contributed by atoms with van der Waals surface area (Å²) in [5.41, 5.74) is -1.04. The average molecular weight is 166 g/mol. The zero-order valence-electron chi connectivity index (χ0n) is 6.44. The van der Waals surface area contributed by atoms with Gasteiger partial charge in [-0.2, -0.15) is 0 Å². The largest absolute Gasteiger partial charge is 0.393 e. The summed E-state index contributed by atoms with van der Waals surface area (Å²) in [4.78, 5) is 0. The van der Waals surface area contributed by atoms with Gasteiger partial charge in [-0.05, 0) is 6.92 Å². The molecule has 0 radical (unpaired) electrons. The van der Waals surface area contributed by atoms with E-state index in [-0.39, 0.29) is 26.1 Å². The van der Waals surface area contributed by atoms with Gasteiger partial charge in [0.1, 0.15) is 0 Å². The van der Waals surface area contributed by atoms with Crippen LogP contribution in [0, 0.1) is 0 Å². The Balaban J connectivity index is 2.59. The summed E-state index contributed by atoms with van der Waals surface area (Å²) in [5.74, 6) is -2.67. The number of aliphatic hydroxyl groups excluding tert-OH is 1. The van der Waals surface area contributed by atoms with Crippen molar-refractivity contribution in [1.82, 2.24) is 0 Å². The van der Waals surface area contributed by atoms with E-state index in [9.17, 15) is 8.78 Å². The lowest BCUT2D eigenvalue weighted by atomic mass is 9.94. The van der Waals surface area contributed by atoms with Gasteiger partial charge in [0.25, 0.3) is 5.92 Å². The van der Waals surface area contributed by atoms with Gasteiger partial charge >= 0.3 is 0 Å². The first-order valence-electron chi connectivity index (χ1n) is 3.60. The third kappa shape index (κ3) is 2.10. The van der Waals surface area contributed by atoms with Gasteiger partial charge in [-0.1, -0.05) is 0 Å². The lowest BCUT2D eigenvalue weighted by Crippen LogP contribution is -2.45. The normalized spacial score (nSPS) is 37.1. The Bertz CT molecular complexity index is 149. The lowest BCUT2D eigenvalue weighted by molar-refractivity contribution is -0.184. The minimum atomic E-state index is -2.67. The van der Waals surface area contributed by atoms with E-state index in [0.29, 0.717) is 0 Å². The molecule has 1 aliphatic rings. The maximum Gasteiger partial charge on any atom is 0.253 e. The van der Waals surface area contributed by atoms with Crippen molar-refractivity contribution in [2.24, 2.45) is 0 Å². The van der Waals surface area contributed by atoms with Crippen LogP contribution in [-0.4, -0.2) is 29.8 Å². The van der Waals surface area contributed by atoms with E-state index in [1.807, 2.05) is 0 Å². The minimum Gasteiger partial charge on any atom is -0.393 e. The van der Waals surface area contributed by atoms with Crippen molar-refractivity contribution in [3.8, 4) is 0 Å². The van der Waals surface area contributed by atoms with Crippen molar-refractivity contribution >= 4 is 0 Å². The second kappa shape index (κ2) is 2.68. The molecule has 0 saturated carbocycles. The number of alkyl halides is 2. The van der Waals surface area contributed by atoms with Crippen molar-refractivity contribution in [2.45, 2.75) is 31.3 Å². The van der Waals surface area contributed by atoms with Crippen molar-refractivity contribution < 1.29 is 18.6 Å². The molecule has 1 heterocycles. The van der Waals surface area contributed by atoms with Crippen LogP contribution >= 0.6 is 0 Å². The fourth-order valence-electron chi connectivity index (χ4n) is 1.23. The van der Waals surface area contributed by atoms with Gasteiger partial charge in [0.15, 0.2) is 0 Å². The molecule has 0 unspecified atom stereocenters. The minimum absolute atomic E-state index is 0.0318. The lowest BCUT2D eigenvalue weighted by Gasteiger charge is -2.36. The number of hydrogen-bond donors (Lipinski definition) is 1. The third-order valence-corrected chi connectivity index (χ3v) is 1.89. The Hall–Kier alpha value is -0.220. The van der Waals surface area contributed by atoms with Gasteiger partial charge in [-0.3, -0.25) is 0 Å². The van der Waals surface area contributed by atoms with Gasteiger partial charge in [0.05, 0.1) is 18.8 Å². The van der Waals surface area contributed by atoms with Crippen LogP contribution in [0.4, 0.5) is 8.78 Å². The number of hydrogen-bond acceptors (Lipinski definition) is 2. The van der Waals surface area contributed by atoms with Crippen LogP contribution in [0.15, 0.2) is 0 Å². The summed E-state index contributed by atoms with van der Waals surface area (Å²) >= 11 is 0. The molecule has 0 aromatic rings. The number of halogens is 2. The van der Waals surface area contributed by atoms with Crippen molar-refractivity contribution in [2.75, 3.05) is 13.2 Å². The molecule has 1 saturated heterocycles. The van der Waals surface area contributed by atoms with Crippen molar-refractivity contribution in [1.29, 1.82) is 0 Å². The van der Waals surface area contributed by atoms with E-state index in [1.54, 1.807) is 0 Å². The summed E-state index contributed by atoms with van der Waals surface area (Å²) < 4.78 is 30.4. The zero-order chi connectivity index (χ0) is 8.54. The molecule has 11 heavy (non-hydrogen) atoms. The second-order valence-electron chi connectivity index (χ2n) is 3.24. The highest BCUT2D eigenvalue weighted by atomic mass is 19.3. The molecular weight excluding hydrogens is 154 g/mol. The van der Waals surface area contributed by atoms with Crippen molar-refractivity contribution in [3.05, 3.63) is 0 Å². The van der Waals surface area contributed by atoms with Crippen molar-refractivity contribution in [3.63, 3.8) is 0 Å². The molecule has 4 heteroatoms. The molecule has 2 nitrogen and oxygen atoms in total. The highest BCUT2D eigenvalue weighted by Gasteiger charge is 2.43. The van der Waals surface area contributed by atoms with E-state index in [4.69, 9.17) is 9.84 Å². The first-order valence-corrected chi connectivity index (χ1v) is 3.60. The monoisotopic (exact) mass is 166 g/mol. The predicted molar refractivity (Wildman–Crippen MR) is 35.6 cm³/mol. The molecule has 0 amide bonds. The van der Waals surface area contributed by atoms with Crippen LogP contribution in [-0.2, 0) is 4.74 Å². The molecule has 1 aliphatic heterocycles. The van der Waals surface area contributed by atoms with Crippen LogP contribution in [0.5, 0.6) is 0 Å². The van der Waals surface area contributed by atoms with Gasteiger partial charge in [-0.15, -0.1) is 0 Å². The summed E-state index contributed by atoms with van der Waals surface area (Å²) in [7, 11) is 0. The van der Waals surface area contributed by atoms with Crippen LogP contribution < -0.4 is 0 Å². The van der Waals surface area contributed by atoms with Gasteiger partial charge in [0, 0.05) is 12.8 Å². The molecule has 0 spiro atoms. The predicted octanol–water partition coefficient (Wildman–Crippen LogP) is 1.18. The molecule has 1 fully saturated rings. The SMILES string of the molecule is C[C@]1(CO)CC(F)(F)CCO1. The second-order valence-corrected chi connectivity index (χ2v) is 3.24. The van der Waals surface area contributed by atoms with E-state index < -0.39 is 11.5 Å². The van der Waals surface area contributed by atoms with Crippen LogP contribution in [0.3, 0.4) is 0 Å². The highest BCUT2D eigenvalue weighted by Crippen LogP contribution is 2.35. The Morgan fingerprint density at radius 1 is 1.55 bits per heavy atom. The molecule has 1 atom stereocenters. The standard InChI is InChI=1S/C7H12F2O2/c1-6(5-10)4-7(8,9)2-3-11-6/h10H,2-5H2,1H3/t6-/m1/s1. The quantitative estimate of drug-likeness (QED) is 0.633. The van der Waals surface area contributed by atoms with E-state index in [2.05, 4.69) is 0 Å². The molecule has 0 bridgehead atoms. The number of rotatable bonds is 1. The molecule has 66 valence electrons. The number of ether oxygens (including phenoxy) is 1. The summed E-state index contributed by atoms with van der Waals surface area (Å²) in [6.07, 6.45) is -0.612. The Morgan fingerprint density at radius 3 is 2.55 bits per heavy atom. The fraction of sp³-hybridized carbons (Fsp3) is 1.00. The van der Waals surface area contributed by atoms with Gasteiger partial charge in [0.2, 0.25) is 0 Å². The smallest absolute Gasteiger partial charge is 0.253 e. The third-order valence-electron chi connectivity index (χ3n) is 1.89. The van der Waals surface area contributed by atoms with Crippen LogP contribution in [0.25, 0.3) is 0 Å². The van der Waals surface area contributed by atoms with Gasteiger partial charge < -0.3 is 9.84 Å². The van der Waals surface area contributed by atoms with Crippen LogP contribution in [0.1, 0.15) is 19.8 Å². The van der Waals surface area contributed by atoms with E-state index in [0.717, 1.165) is 0 Å². The molecule has 0 aliphatic carbocycles. The Kier molecular flexibility index (Phi) is 2.16. The van der Waals surface area contributed by atoms with E-state index in [1.165, 1.54) is 6.92 Å². The van der Waals surface area contributed by atoms with E-state index >= 15 is 0 Å². The summed E-state index contributed by atoms with van der Waals surface area (Å²) in [6.45, 7) is 1.19. The first-order chi connectivity index (χ1) is 4.97. The average Bonchev–Trinajstić information content (AvgIpc) is 1.85. The number of aliphatic hydroxyl groups is 1. The summed E-state index contributed by atoms with van der Waals surface area (Å²) in [6, 6.07) is 0. The fourth-order valence-corrected chi connectivity index (χ4v) is 1.23. The maximum atomic E-state index is 12.7. The van der Waals surface area contributed by atoms with Gasteiger partial charge in [-0.25, -0.2) is 8.78 Å². The Morgan fingerprint density at radius 2 is 2.18 bits per heavy atom. The maximum absolute atomic E-state index is 12.7. The molecule has 1 rings (SSSR count). The molecule has 0 aromatic heterocycles. The molecule has 1 N–H and O–H groups in total.